The highest BCUT2D eigenvalue weighted by Crippen LogP contribution is 2.23. The molecule has 1 aromatic heterocycles. The minimum Gasteiger partial charge on any atom is -0.496 e. The lowest BCUT2D eigenvalue weighted by molar-refractivity contribution is 0.274. The molecule has 2 N–H and O–H groups in total. The third-order valence-corrected chi connectivity index (χ3v) is 2.87. The maximum atomic E-state index is 9.24. The number of aliphatic hydroxyl groups excluding tert-OH is 1. The third kappa shape index (κ3) is 2.65. The van der Waals surface area contributed by atoms with Gasteiger partial charge in [-0.15, -0.1) is 0 Å². The molecule has 0 bridgehead atoms. The molecular formula is C14H17NO3. The zero-order chi connectivity index (χ0) is 13.0. The van der Waals surface area contributed by atoms with E-state index in [1.807, 2.05) is 31.2 Å². The number of ether oxygens (including phenoxy) is 1. The van der Waals surface area contributed by atoms with Gasteiger partial charge in [-0.3, -0.25) is 0 Å². The average Bonchev–Trinajstić information content (AvgIpc) is 2.81. The normalized spacial score (nSPS) is 10.4. The van der Waals surface area contributed by atoms with Crippen molar-refractivity contribution in [2.45, 2.75) is 20.1 Å². The highest BCUT2D eigenvalue weighted by atomic mass is 16.5. The van der Waals surface area contributed by atoms with Crippen LogP contribution in [-0.4, -0.2) is 12.2 Å². The molecule has 0 aliphatic carbocycles. The monoisotopic (exact) mass is 247 g/mol. The first-order valence-corrected chi connectivity index (χ1v) is 5.79. The Balaban J connectivity index is 2.08. The van der Waals surface area contributed by atoms with Crippen molar-refractivity contribution in [2.75, 3.05) is 12.4 Å². The van der Waals surface area contributed by atoms with Gasteiger partial charge in [0.15, 0.2) is 0 Å². The van der Waals surface area contributed by atoms with Crippen LogP contribution in [0.15, 0.2) is 34.9 Å². The fraction of sp³-hybridized carbons (Fsp3) is 0.286. The van der Waals surface area contributed by atoms with Crippen LogP contribution in [0.3, 0.4) is 0 Å². The summed E-state index contributed by atoms with van der Waals surface area (Å²) in [7, 11) is 1.59. The molecule has 4 nitrogen and oxygen atoms in total. The van der Waals surface area contributed by atoms with E-state index >= 15 is 0 Å². The Kier molecular flexibility index (Phi) is 3.89. The molecule has 0 saturated heterocycles. The van der Waals surface area contributed by atoms with Crippen molar-refractivity contribution >= 4 is 5.69 Å². The molecule has 0 atom stereocenters. The molecule has 1 heterocycles. The summed E-state index contributed by atoms with van der Waals surface area (Å²) in [6, 6.07) is 7.56. The second kappa shape index (κ2) is 5.60. The Labute approximate surface area is 106 Å². The Morgan fingerprint density at radius 1 is 1.33 bits per heavy atom. The predicted molar refractivity (Wildman–Crippen MR) is 69.7 cm³/mol. The predicted octanol–water partition coefficient (Wildman–Crippen LogP) is 2.70. The number of hydrogen-bond acceptors (Lipinski definition) is 4. The van der Waals surface area contributed by atoms with Crippen LogP contribution in [0.4, 0.5) is 5.69 Å². The number of nitrogens with one attached hydrogen (secondary N) is 1. The molecule has 0 amide bonds. The summed E-state index contributed by atoms with van der Waals surface area (Å²) in [4.78, 5) is 0. The van der Waals surface area contributed by atoms with Crippen molar-refractivity contribution in [3.8, 4) is 5.75 Å². The van der Waals surface area contributed by atoms with E-state index in [0.29, 0.717) is 12.3 Å². The highest BCUT2D eigenvalue weighted by molar-refractivity contribution is 5.51. The third-order valence-electron chi connectivity index (χ3n) is 2.87. The number of furan rings is 1. The van der Waals surface area contributed by atoms with Crippen LogP contribution < -0.4 is 10.1 Å². The lowest BCUT2D eigenvalue weighted by Crippen LogP contribution is -2.01. The van der Waals surface area contributed by atoms with Crippen molar-refractivity contribution in [1.29, 1.82) is 0 Å². The van der Waals surface area contributed by atoms with Crippen LogP contribution in [0.1, 0.15) is 16.9 Å². The van der Waals surface area contributed by atoms with Gasteiger partial charge in [-0.25, -0.2) is 0 Å². The van der Waals surface area contributed by atoms with E-state index in [4.69, 9.17) is 9.15 Å². The Bertz CT molecular complexity index is 520. The molecule has 2 aromatic rings. The van der Waals surface area contributed by atoms with E-state index in [1.54, 1.807) is 13.4 Å². The first-order valence-electron chi connectivity index (χ1n) is 5.79. The molecule has 0 aliphatic heterocycles. The SMILES string of the molecule is COc1ccc(NCc2occc2C)cc1CO. The molecule has 1 aromatic carbocycles. The maximum absolute atomic E-state index is 9.24. The second-order valence-electron chi connectivity index (χ2n) is 4.07. The summed E-state index contributed by atoms with van der Waals surface area (Å²) in [5, 5.41) is 12.5. The van der Waals surface area contributed by atoms with Crippen LogP contribution in [-0.2, 0) is 13.2 Å². The van der Waals surface area contributed by atoms with Gasteiger partial charge in [0.1, 0.15) is 11.5 Å². The molecule has 0 fully saturated rings. The van der Waals surface area contributed by atoms with E-state index in [2.05, 4.69) is 5.32 Å². The van der Waals surface area contributed by atoms with Crippen LogP contribution in [0.5, 0.6) is 5.75 Å². The molecule has 0 saturated carbocycles. The van der Waals surface area contributed by atoms with Gasteiger partial charge in [0.2, 0.25) is 0 Å². The number of anilines is 1. The van der Waals surface area contributed by atoms with Crippen molar-refractivity contribution in [3.05, 3.63) is 47.4 Å². The van der Waals surface area contributed by atoms with Gasteiger partial charge in [0, 0.05) is 11.3 Å². The molecule has 0 spiro atoms. The number of rotatable bonds is 5. The van der Waals surface area contributed by atoms with Crippen molar-refractivity contribution in [1.82, 2.24) is 0 Å². The maximum Gasteiger partial charge on any atom is 0.125 e. The van der Waals surface area contributed by atoms with Crippen molar-refractivity contribution in [2.24, 2.45) is 0 Å². The zero-order valence-corrected chi connectivity index (χ0v) is 10.6. The zero-order valence-electron chi connectivity index (χ0n) is 10.6. The molecule has 4 heteroatoms. The summed E-state index contributed by atoms with van der Waals surface area (Å²) in [6.45, 7) is 2.59. The number of aryl methyl sites for hydroxylation is 1. The van der Waals surface area contributed by atoms with E-state index in [0.717, 1.165) is 22.6 Å². The average molecular weight is 247 g/mol. The first-order chi connectivity index (χ1) is 8.74. The minimum absolute atomic E-state index is 0.0432. The standard InChI is InChI=1S/C14H17NO3/c1-10-5-6-18-14(10)8-15-12-3-4-13(17-2)11(7-12)9-16/h3-7,15-16H,8-9H2,1-2H3. The lowest BCUT2D eigenvalue weighted by atomic mass is 10.2. The Hall–Kier alpha value is -1.94. The van der Waals surface area contributed by atoms with Gasteiger partial charge < -0.3 is 19.6 Å². The second-order valence-corrected chi connectivity index (χ2v) is 4.07. The summed E-state index contributed by atoms with van der Waals surface area (Å²) in [5.41, 5.74) is 2.81. The molecule has 0 radical (unpaired) electrons. The fourth-order valence-electron chi connectivity index (χ4n) is 1.78. The van der Waals surface area contributed by atoms with Gasteiger partial charge in [-0.1, -0.05) is 0 Å². The molecule has 0 unspecified atom stereocenters. The fourth-order valence-corrected chi connectivity index (χ4v) is 1.78. The number of benzene rings is 1. The van der Waals surface area contributed by atoms with Gasteiger partial charge >= 0.3 is 0 Å². The van der Waals surface area contributed by atoms with Crippen LogP contribution >= 0.6 is 0 Å². The van der Waals surface area contributed by atoms with Crippen molar-refractivity contribution < 1.29 is 14.3 Å². The van der Waals surface area contributed by atoms with Gasteiger partial charge in [-0.2, -0.15) is 0 Å². The number of aliphatic hydroxyl groups is 1. The number of hydrogen-bond donors (Lipinski definition) is 2. The van der Waals surface area contributed by atoms with E-state index < -0.39 is 0 Å². The minimum atomic E-state index is -0.0432. The van der Waals surface area contributed by atoms with E-state index in [1.165, 1.54) is 0 Å². The van der Waals surface area contributed by atoms with Crippen LogP contribution in [0.2, 0.25) is 0 Å². The quantitative estimate of drug-likeness (QED) is 0.853. The van der Waals surface area contributed by atoms with Crippen LogP contribution in [0.25, 0.3) is 0 Å². The molecule has 96 valence electrons. The smallest absolute Gasteiger partial charge is 0.125 e. The summed E-state index contributed by atoms with van der Waals surface area (Å²) < 4.78 is 10.5. The topological polar surface area (TPSA) is 54.6 Å². The van der Waals surface area contributed by atoms with Gasteiger partial charge in [0.25, 0.3) is 0 Å². The summed E-state index contributed by atoms with van der Waals surface area (Å²) in [5.74, 6) is 1.61. The Morgan fingerprint density at radius 3 is 2.78 bits per heavy atom. The van der Waals surface area contributed by atoms with E-state index in [-0.39, 0.29) is 6.61 Å². The molecular weight excluding hydrogens is 230 g/mol. The van der Waals surface area contributed by atoms with Gasteiger partial charge in [0.05, 0.1) is 26.5 Å². The van der Waals surface area contributed by atoms with E-state index in [9.17, 15) is 5.11 Å². The molecule has 2 rings (SSSR count). The summed E-state index contributed by atoms with van der Waals surface area (Å²) in [6.07, 6.45) is 1.68. The largest absolute Gasteiger partial charge is 0.496 e. The lowest BCUT2D eigenvalue weighted by Gasteiger charge is -2.10. The van der Waals surface area contributed by atoms with Gasteiger partial charge in [-0.05, 0) is 36.8 Å². The first kappa shape index (κ1) is 12.5. The highest BCUT2D eigenvalue weighted by Gasteiger charge is 2.05. The van der Waals surface area contributed by atoms with Crippen LogP contribution in [0, 0.1) is 6.92 Å². The molecule has 18 heavy (non-hydrogen) atoms. The Morgan fingerprint density at radius 2 is 2.17 bits per heavy atom. The molecule has 0 aliphatic rings. The van der Waals surface area contributed by atoms with Crippen molar-refractivity contribution in [3.63, 3.8) is 0 Å². The number of methoxy groups -OCH3 is 1. The summed E-state index contributed by atoms with van der Waals surface area (Å²) >= 11 is 0.